The maximum Gasteiger partial charge on any atom is 0.269 e. The van der Waals surface area contributed by atoms with Gasteiger partial charge in [0.05, 0.1) is 10.7 Å². The number of ether oxygens (including phenoxy) is 1. The van der Waals surface area contributed by atoms with Gasteiger partial charge in [-0.2, -0.15) is 0 Å². The van der Waals surface area contributed by atoms with Crippen LogP contribution in [0.25, 0.3) is 0 Å². The zero-order chi connectivity index (χ0) is 18.4. The predicted molar refractivity (Wildman–Crippen MR) is 108 cm³/mol. The monoisotopic (exact) mass is 469 g/mol. The Labute approximate surface area is 164 Å². The van der Waals surface area contributed by atoms with Crippen molar-refractivity contribution < 1.29 is 14.3 Å². The third-order valence-electron chi connectivity index (χ3n) is 3.21. The van der Waals surface area contributed by atoms with Gasteiger partial charge >= 0.3 is 0 Å². The molecule has 6 nitrogen and oxygen atoms in total. The molecule has 0 aliphatic carbocycles. The van der Waals surface area contributed by atoms with Gasteiger partial charge in [0, 0.05) is 11.1 Å². The maximum absolute atomic E-state index is 12.2. The number of aryl methyl sites for hydroxylation is 1. The molecule has 2 amide bonds. The molecule has 0 aromatic heterocycles. The molecule has 0 heterocycles. The molecule has 0 unspecified atom stereocenters. The zero-order valence-corrected chi connectivity index (χ0v) is 16.5. The summed E-state index contributed by atoms with van der Waals surface area (Å²) in [4.78, 5) is 24.2. The highest BCUT2D eigenvalue weighted by Gasteiger charge is 2.11. The van der Waals surface area contributed by atoms with E-state index in [2.05, 4.69) is 38.8 Å². The quantitative estimate of drug-likeness (QED) is 0.366. The highest BCUT2D eigenvalue weighted by atomic mass is 127. The van der Waals surface area contributed by atoms with E-state index in [1.165, 1.54) is 0 Å². The molecule has 0 bridgehead atoms. The Bertz CT molecular complexity index is 827. The molecule has 2 rings (SSSR count). The number of benzene rings is 2. The molecule has 0 radical (unpaired) electrons. The molecule has 130 valence electrons. The van der Waals surface area contributed by atoms with Crippen LogP contribution in [0.4, 0.5) is 0 Å². The number of hydrogen-bond acceptors (Lipinski definition) is 4. The first-order valence-electron chi connectivity index (χ1n) is 7.22. The fourth-order valence-electron chi connectivity index (χ4n) is 1.99. The van der Waals surface area contributed by atoms with Crippen LogP contribution in [0.3, 0.4) is 0 Å². The van der Waals surface area contributed by atoms with E-state index in [1.807, 2.05) is 13.0 Å². The Kier molecular flexibility index (Phi) is 6.71. The standard InChI is InChI=1S/C17H16IN3O3S/c1-10-4-3-5-11(8-10)16(23)20-21-17(25)19-15(22)12-6-7-14(24-2)13(18)9-12/h3-9H,1-2H3,(H,20,23)(H2,19,21,22,25). The molecule has 8 heteroatoms. The summed E-state index contributed by atoms with van der Waals surface area (Å²) >= 11 is 7.10. The van der Waals surface area contributed by atoms with E-state index in [4.69, 9.17) is 17.0 Å². The first-order valence-corrected chi connectivity index (χ1v) is 8.71. The van der Waals surface area contributed by atoms with Crippen LogP contribution in [0.5, 0.6) is 5.75 Å². The number of nitrogens with one attached hydrogen (secondary N) is 3. The van der Waals surface area contributed by atoms with Crippen LogP contribution < -0.4 is 20.9 Å². The topological polar surface area (TPSA) is 79.5 Å². The third-order valence-corrected chi connectivity index (χ3v) is 4.26. The first-order chi connectivity index (χ1) is 11.9. The Morgan fingerprint density at radius 1 is 1.04 bits per heavy atom. The number of amides is 2. The minimum atomic E-state index is -0.386. The summed E-state index contributed by atoms with van der Waals surface area (Å²) in [6, 6.07) is 12.1. The normalized spacial score (nSPS) is 9.88. The minimum Gasteiger partial charge on any atom is -0.496 e. The summed E-state index contributed by atoms with van der Waals surface area (Å²) in [6.45, 7) is 1.89. The lowest BCUT2D eigenvalue weighted by Gasteiger charge is -2.11. The second kappa shape index (κ2) is 8.77. The Hall–Kier alpha value is -2.20. The Balaban J connectivity index is 1.90. The summed E-state index contributed by atoms with van der Waals surface area (Å²) in [5.41, 5.74) is 6.85. The molecule has 2 aromatic carbocycles. The van der Waals surface area contributed by atoms with Gasteiger partial charge < -0.3 is 4.74 Å². The molecule has 0 saturated carbocycles. The van der Waals surface area contributed by atoms with Crippen LogP contribution in [-0.4, -0.2) is 24.0 Å². The van der Waals surface area contributed by atoms with Crippen LogP contribution in [0, 0.1) is 10.5 Å². The van der Waals surface area contributed by atoms with Gasteiger partial charge in [-0.05, 0) is 72.1 Å². The predicted octanol–water partition coefficient (Wildman–Crippen LogP) is 2.56. The lowest BCUT2D eigenvalue weighted by atomic mass is 10.1. The average molecular weight is 469 g/mol. The Morgan fingerprint density at radius 3 is 2.40 bits per heavy atom. The number of hydrazine groups is 1. The second-order valence-corrected chi connectivity index (χ2v) is 6.65. The van der Waals surface area contributed by atoms with Crippen molar-refractivity contribution in [2.45, 2.75) is 6.92 Å². The van der Waals surface area contributed by atoms with Crippen LogP contribution in [0.1, 0.15) is 26.3 Å². The number of methoxy groups -OCH3 is 1. The van der Waals surface area contributed by atoms with Gasteiger partial charge in [0.2, 0.25) is 0 Å². The number of thiocarbonyl (C=S) groups is 1. The molecule has 0 saturated heterocycles. The van der Waals surface area contributed by atoms with Crippen LogP contribution in [0.15, 0.2) is 42.5 Å². The van der Waals surface area contributed by atoms with Gasteiger partial charge in [-0.1, -0.05) is 17.7 Å². The SMILES string of the molecule is COc1ccc(C(=O)NC(=S)NNC(=O)c2cccc(C)c2)cc1I. The number of carbonyl (C=O) groups is 2. The number of halogens is 1. The van der Waals surface area contributed by atoms with Crippen molar-refractivity contribution in [3.8, 4) is 5.75 Å². The van der Waals surface area contributed by atoms with Crippen molar-refractivity contribution in [2.24, 2.45) is 0 Å². The molecule has 2 aromatic rings. The van der Waals surface area contributed by atoms with Crippen molar-refractivity contribution in [1.82, 2.24) is 16.2 Å². The van der Waals surface area contributed by atoms with E-state index >= 15 is 0 Å². The van der Waals surface area contributed by atoms with Gasteiger partial charge in [-0.25, -0.2) is 0 Å². The average Bonchev–Trinajstić information content (AvgIpc) is 2.59. The molecular weight excluding hydrogens is 453 g/mol. The smallest absolute Gasteiger partial charge is 0.269 e. The highest BCUT2D eigenvalue weighted by Crippen LogP contribution is 2.21. The molecule has 0 spiro atoms. The van der Waals surface area contributed by atoms with Gasteiger partial charge in [0.15, 0.2) is 5.11 Å². The van der Waals surface area contributed by atoms with Crippen molar-refractivity contribution in [3.05, 3.63) is 62.7 Å². The molecular formula is C17H16IN3O3S. The number of hydrogen-bond donors (Lipinski definition) is 3. The van der Waals surface area contributed by atoms with E-state index in [9.17, 15) is 9.59 Å². The fourth-order valence-corrected chi connectivity index (χ4v) is 2.87. The van der Waals surface area contributed by atoms with Gasteiger partial charge in [0.25, 0.3) is 11.8 Å². The van der Waals surface area contributed by atoms with Crippen molar-refractivity contribution >= 4 is 51.7 Å². The summed E-state index contributed by atoms with van der Waals surface area (Å²) in [6.07, 6.45) is 0. The largest absolute Gasteiger partial charge is 0.496 e. The third kappa shape index (κ3) is 5.40. The van der Waals surface area contributed by atoms with Crippen molar-refractivity contribution in [2.75, 3.05) is 7.11 Å². The van der Waals surface area contributed by atoms with E-state index < -0.39 is 0 Å². The minimum absolute atomic E-state index is 0.00294. The first kappa shape index (κ1) is 19.1. The van der Waals surface area contributed by atoms with Crippen LogP contribution in [0.2, 0.25) is 0 Å². The molecule has 3 N–H and O–H groups in total. The molecule has 25 heavy (non-hydrogen) atoms. The van der Waals surface area contributed by atoms with E-state index in [0.717, 1.165) is 9.13 Å². The van der Waals surface area contributed by atoms with Crippen molar-refractivity contribution in [3.63, 3.8) is 0 Å². The number of carbonyl (C=O) groups excluding carboxylic acids is 2. The summed E-state index contributed by atoms with van der Waals surface area (Å²) in [7, 11) is 1.56. The summed E-state index contributed by atoms with van der Waals surface area (Å²) < 4.78 is 5.96. The van der Waals surface area contributed by atoms with Crippen molar-refractivity contribution in [1.29, 1.82) is 0 Å². The van der Waals surface area contributed by atoms with Gasteiger partial charge in [-0.3, -0.25) is 25.8 Å². The summed E-state index contributed by atoms with van der Waals surface area (Å²) in [5, 5.41) is 2.50. The maximum atomic E-state index is 12.2. The van der Waals surface area contributed by atoms with Gasteiger partial charge in [0.1, 0.15) is 5.75 Å². The lowest BCUT2D eigenvalue weighted by molar-refractivity contribution is 0.0934. The number of rotatable bonds is 3. The molecule has 0 aliphatic rings. The summed E-state index contributed by atoms with van der Waals surface area (Å²) in [5.74, 6) is -0.0505. The van der Waals surface area contributed by atoms with E-state index in [1.54, 1.807) is 43.5 Å². The highest BCUT2D eigenvalue weighted by molar-refractivity contribution is 14.1. The fraction of sp³-hybridized carbons (Fsp3) is 0.118. The van der Waals surface area contributed by atoms with Gasteiger partial charge in [-0.15, -0.1) is 0 Å². The van der Waals surface area contributed by atoms with E-state index in [0.29, 0.717) is 16.9 Å². The Morgan fingerprint density at radius 2 is 1.76 bits per heavy atom. The lowest BCUT2D eigenvalue weighted by Crippen LogP contribution is -2.48. The van der Waals surface area contributed by atoms with E-state index in [-0.39, 0.29) is 16.9 Å². The van der Waals surface area contributed by atoms with Crippen LogP contribution in [-0.2, 0) is 0 Å². The van der Waals surface area contributed by atoms with Crippen LogP contribution >= 0.6 is 34.8 Å². The second-order valence-electron chi connectivity index (χ2n) is 5.08. The molecule has 0 atom stereocenters. The molecule has 0 aliphatic heterocycles. The zero-order valence-electron chi connectivity index (χ0n) is 13.6. The molecule has 0 fully saturated rings.